The van der Waals surface area contributed by atoms with Gasteiger partial charge in [-0.25, -0.2) is 9.59 Å². The average molecular weight is 308 g/mol. The van der Waals surface area contributed by atoms with Crippen LogP contribution in [0.3, 0.4) is 0 Å². The van der Waals surface area contributed by atoms with Crippen molar-refractivity contribution in [1.82, 2.24) is 4.90 Å². The highest BCUT2D eigenvalue weighted by atomic mass is 35.5. The quantitative estimate of drug-likeness (QED) is 0.590. The normalized spacial score (nSPS) is 26.5. The molecule has 0 spiro atoms. The summed E-state index contributed by atoms with van der Waals surface area (Å²) in [4.78, 5) is 25.7. The number of methoxy groups -OCH3 is 1. The standard InChI is InChI=1S/C13H22ClNO5/c1-12(2,3)20-11(17)15-7-9(18-5)6-13(15,4)10(16)19-8-14/h9H,6-8H2,1-5H3. The van der Waals surface area contributed by atoms with Crippen molar-refractivity contribution in [2.45, 2.75) is 51.4 Å². The highest BCUT2D eigenvalue weighted by Gasteiger charge is 2.52. The smallest absolute Gasteiger partial charge is 0.411 e. The Labute approximate surface area is 124 Å². The fourth-order valence-corrected chi connectivity index (χ4v) is 2.27. The summed E-state index contributed by atoms with van der Waals surface area (Å²) in [7, 11) is 1.54. The summed E-state index contributed by atoms with van der Waals surface area (Å²) in [5, 5.41) is 0. The molecule has 0 aromatic rings. The van der Waals surface area contributed by atoms with Crippen LogP contribution in [0.5, 0.6) is 0 Å². The Kier molecular flexibility index (Phi) is 5.27. The van der Waals surface area contributed by atoms with Crippen molar-refractivity contribution in [3.8, 4) is 0 Å². The van der Waals surface area contributed by atoms with Gasteiger partial charge >= 0.3 is 12.1 Å². The molecule has 0 aromatic carbocycles. The monoisotopic (exact) mass is 307 g/mol. The van der Waals surface area contributed by atoms with Gasteiger partial charge in [0.2, 0.25) is 0 Å². The molecule has 20 heavy (non-hydrogen) atoms. The Morgan fingerprint density at radius 3 is 2.45 bits per heavy atom. The molecule has 0 bridgehead atoms. The van der Waals surface area contributed by atoms with Crippen LogP contribution in [0.25, 0.3) is 0 Å². The molecule has 0 saturated carbocycles. The molecule has 1 heterocycles. The highest BCUT2D eigenvalue weighted by Crippen LogP contribution is 2.33. The van der Waals surface area contributed by atoms with E-state index in [1.165, 1.54) is 12.0 Å². The minimum atomic E-state index is -1.13. The van der Waals surface area contributed by atoms with Gasteiger partial charge in [-0.2, -0.15) is 0 Å². The van der Waals surface area contributed by atoms with Crippen LogP contribution in [0, 0.1) is 0 Å². The van der Waals surface area contributed by atoms with Crippen molar-refractivity contribution in [1.29, 1.82) is 0 Å². The van der Waals surface area contributed by atoms with Gasteiger partial charge < -0.3 is 14.2 Å². The Hall–Kier alpha value is -1.01. The maximum absolute atomic E-state index is 12.3. The second kappa shape index (κ2) is 6.18. The van der Waals surface area contributed by atoms with Crippen molar-refractivity contribution in [3.63, 3.8) is 0 Å². The summed E-state index contributed by atoms with van der Waals surface area (Å²) in [5.74, 6) is -0.557. The van der Waals surface area contributed by atoms with Crippen LogP contribution in [0.4, 0.5) is 4.79 Å². The third-order valence-electron chi connectivity index (χ3n) is 3.18. The highest BCUT2D eigenvalue weighted by molar-refractivity contribution is 6.17. The lowest BCUT2D eigenvalue weighted by Crippen LogP contribution is -2.52. The molecule has 2 atom stereocenters. The summed E-state index contributed by atoms with van der Waals surface area (Å²) in [6, 6.07) is -0.256. The summed E-state index contributed by atoms with van der Waals surface area (Å²) in [5.41, 5.74) is -1.77. The van der Waals surface area contributed by atoms with Crippen LogP contribution in [-0.4, -0.2) is 53.9 Å². The van der Waals surface area contributed by atoms with Crippen molar-refractivity contribution >= 4 is 23.7 Å². The van der Waals surface area contributed by atoms with Crippen molar-refractivity contribution in [3.05, 3.63) is 0 Å². The van der Waals surface area contributed by atoms with Crippen LogP contribution in [0.2, 0.25) is 0 Å². The molecule has 1 amide bonds. The van der Waals surface area contributed by atoms with Gasteiger partial charge in [0.05, 0.1) is 12.6 Å². The summed E-state index contributed by atoms with van der Waals surface area (Å²) < 4.78 is 15.4. The maximum atomic E-state index is 12.3. The number of rotatable bonds is 3. The molecule has 0 N–H and O–H groups in total. The molecular formula is C13H22ClNO5. The molecule has 1 rings (SSSR count). The first-order valence-electron chi connectivity index (χ1n) is 6.40. The molecule has 1 aliphatic rings. The Morgan fingerprint density at radius 2 is 2.00 bits per heavy atom. The van der Waals surface area contributed by atoms with E-state index < -0.39 is 23.2 Å². The van der Waals surface area contributed by atoms with Gasteiger partial charge in [-0.3, -0.25) is 4.90 Å². The predicted octanol–water partition coefficient (Wildman–Crippen LogP) is 2.14. The number of nitrogens with zero attached hydrogens (tertiary/aromatic N) is 1. The summed E-state index contributed by atoms with van der Waals surface area (Å²) in [6.45, 7) is 7.21. The first-order chi connectivity index (χ1) is 9.14. The molecule has 0 aromatic heterocycles. The SMILES string of the molecule is COC1CN(C(=O)OC(C)(C)C)C(C)(C(=O)OCCl)C1. The van der Waals surface area contributed by atoms with Crippen LogP contribution in [-0.2, 0) is 19.0 Å². The van der Waals surface area contributed by atoms with E-state index in [0.717, 1.165) is 0 Å². The number of alkyl halides is 1. The number of ether oxygens (including phenoxy) is 3. The number of hydrogen-bond donors (Lipinski definition) is 0. The van der Waals surface area contributed by atoms with Gasteiger partial charge in [0.15, 0.2) is 6.07 Å². The molecule has 0 radical (unpaired) electrons. The van der Waals surface area contributed by atoms with Crippen molar-refractivity contribution in [2.24, 2.45) is 0 Å². The lowest BCUT2D eigenvalue weighted by molar-refractivity contribution is -0.153. The van der Waals surface area contributed by atoms with Crippen LogP contribution in [0.1, 0.15) is 34.1 Å². The van der Waals surface area contributed by atoms with Crippen molar-refractivity contribution < 1.29 is 23.8 Å². The topological polar surface area (TPSA) is 65.1 Å². The number of hydrogen-bond acceptors (Lipinski definition) is 5. The summed E-state index contributed by atoms with van der Waals surface area (Å²) >= 11 is 5.43. The predicted molar refractivity (Wildman–Crippen MR) is 73.6 cm³/mol. The Morgan fingerprint density at radius 1 is 1.40 bits per heavy atom. The second-order valence-corrected chi connectivity index (χ2v) is 6.19. The van der Waals surface area contributed by atoms with Gasteiger partial charge in [-0.05, 0) is 27.7 Å². The number of carbonyl (C=O) groups is 2. The van der Waals surface area contributed by atoms with Crippen LogP contribution in [0.15, 0.2) is 0 Å². The maximum Gasteiger partial charge on any atom is 0.411 e. The number of amides is 1. The number of halogens is 1. The minimum absolute atomic E-state index is 0.240. The zero-order valence-electron chi connectivity index (χ0n) is 12.6. The van der Waals surface area contributed by atoms with E-state index in [1.54, 1.807) is 27.7 Å². The third kappa shape index (κ3) is 3.76. The average Bonchev–Trinajstić information content (AvgIpc) is 2.66. The molecule has 0 aliphatic carbocycles. The molecule has 6 nitrogen and oxygen atoms in total. The fourth-order valence-electron chi connectivity index (χ4n) is 2.17. The minimum Gasteiger partial charge on any atom is -0.448 e. The molecular weight excluding hydrogens is 286 g/mol. The fraction of sp³-hybridized carbons (Fsp3) is 0.846. The number of esters is 1. The molecule has 1 aliphatic heterocycles. The van der Waals surface area contributed by atoms with E-state index in [2.05, 4.69) is 0 Å². The molecule has 7 heteroatoms. The molecule has 116 valence electrons. The Bertz CT molecular complexity index is 381. The molecule has 2 unspecified atom stereocenters. The van der Waals surface area contributed by atoms with E-state index in [9.17, 15) is 9.59 Å². The van der Waals surface area contributed by atoms with Gasteiger partial charge in [0.1, 0.15) is 11.1 Å². The third-order valence-corrected chi connectivity index (χ3v) is 3.29. The van der Waals surface area contributed by atoms with Crippen molar-refractivity contribution in [2.75, 3.05) is 19.7 Å². The van der Waals surface area contributed by atoms with Crippen LogP contribution >= 0.6 is 11.6 Å². The number of carbonyl (C=O) groups excluding carboxylic acids is 2. The van der Waals surface area contributed by atoms with Gasteiger partial charge in [-0.1, -0.05) is 11.6 Å². The van der Waals surface area contributed by atoms with Gasteiger partial charge in [0, 0.05) is 13.5 Å². The van der Waals surface area contributed by atoms with E-state index in [-0.39, 0.29) is 18.7 Å². The lowest BCUT2D eigenvalue weighted by atomic mass is 9.98. The molecule has 1 saturated heterocycles. The van der Waals surface area contributed by atoms with E-state index in [4.69, 9.17) is 25.8 Å². The van der Waals surface area contributed by atoms with Gasteiger partial charge in [-0.15, -0.1) is 0 Å². The lowest BCUT2D eigenvalue weighted by Gasteiger charge is -2.33. The second-order valence-electron chi connectivity index (χ2n) is 5.97. The van der Waals surface area contributed by atoms with E-state index in [0.29, 0.717) is 6.42 Å². The number of likely N-dealkylation sites (tertiary alicyclic amines) is 1. The van der Waals surface area contributed by atoms with E-state index in [1.807, 2.05) is 0 Å². The van der Waals surface area contributed by atoms with Crippen LogP contribution < -0.4 is 0 Å². The molecule has 1 fully saturated rings. The summed E-state index contributed by atoms with van der Waals surface area (Å²) in [6.07, 6.45) is -0.458. The van der Waals surface area contributed by atoms with E-state index >= 15 is 0 Å². The first kappa shape index (κ1) is 17.0. The first-order valence-corrected chi connectivity index (χ1v) is 6.94. The largest absolute Gasteiger partial charge is 0.448 e. The van der Waals surface area contributed by atoms with Gasteiger partial charge in [0.25, 0.3) is 0 Å². The Balaban J connectivity index is 2.95. The zero-order valence-corrected chi connectivity index (χ0v) is 13.3. The zero-order chi connectivity index (χ0) is 15.6.